The van der Waals surface area contributed by atoms with E-state index in [1.807, 2.05) is 19.1 Å². The summed E-state index contributed by atoms with van der Waals surface area (Å²) in [5.41, 5.74) is 2.22. The molecule has 0 atom stereocenters. The fourth-order valence-electron chi connectivity index (χ4n) is 3.15. The number of benzene rings is 2. The zero-order valence-electron chi connectivity index (χ0n) is 16.4. The Morgan fingerprint density at radius 2 is 2.03 bits per heavy atom. The smallest absolute Gasteiger partial charge is 0.248 e. The van der Waals surface area contributed by atoms with Crippen LogP contribution < -0.4 is 19.7 Å². The third kappa shape index (κ3) is 5.09. The predicted octanol–water partition coefficient (Wildman–Crippen LogP) is 4.53. The highest BCUT2D eigenvalue weighted by atomic mass is 35.5. The molecule has 152 valence electrons. The van der Waals surface area contributed by atoms with E-state index >= 15 is 0 Å². The van der Waals surface area contributed by atoms with Crippen LogP contribution >= 0.6 is 11.6 Å². The van der Waals surface area contributed by atoms with Gasteiger partial charge in [0.05, 0.1) is 18.7 Å². The number of halogens is 1. The van der Waals surface area contributed by atoms with E-state index in [1.54, 1.807) is 35.2 Å². The maximum atomic E-state index is 12.2. The van der Waals surface area contributed by atoms with Crippen molar-refractivity contribution >= 4 is 40.9 Å². The van der Waals surface area contributed by atoms with Crippen LogP contribution in [0.5, 0.6) is 11.5 Å². The number of hydrogen-bond acceptors (Lipinski definition) is 4. The van der Waals surface area contributed by atoms with Crippen LogP contribution in [-0.4, -0.2) is 32.1 Å². The molecule has 1 heterocycles. The Balaban J connectivity index is 1.66. The first kappa shape index (κ1) is 20.7. The lowest BCUT2D eigenvalue weighted by Gasteiger charge is -2.15. The summed E-state index contributed by atoms with van der Waals surface area (Å²) in [6.07, 6.45) is 4.54. The minimum absolute atomic E-state index is 0.134. The third-order valence-corrected chi connectivity index (χ3v) is 4.76. The fourth-order valence-corrected chi connectivity index (χ4v) is 3.44. The number of amides is 2. The van der Waals surface area contributed by atoms with Crippen LogP contribution in [0.1, 0.15) is 25.3 Å². The van der Waals surface area contributed by atoms with Gasteiger partial charge in [-0.15, -0.1) is 0 Å². The lowest BCUT2D eigenvalue weighted by molar-refractivity contribution is -0.117. The van der Waals surface area contributed by atoms with Gasteiger partial charge in [0, 0.05) is 30.4 Å². The maximum Gasteiger partial charge on any atom is 0.248 e. The number of methoxy groups -OCH3 is 1. The average molecular weight is 415 g/mol. The van der Waals surface area contributed by atoms with Crippen molar-refractivity contribution in [2.24, 2.45) is 0 Å². The molecule has 1 aliphatic heterocycles. The SMILES string of the molecule is CCOc1cc(/C=C/C(=O)Nc2ccc(N3CCCC3=O)cc2)cc(Cl)c1OC. The van der Waals surface area contributed by atoms with Crippen LogP contribution in [0.25, 0.3) is 6.08 Å². The quantitative estimate of drug-likeness (QED) is 0.676. The second-order valence-electron chi connectivity index (χ2n) is 6.49. The summed E-state index contributed by atoms with van der Waals surface area (Å²) in [5, 5.41) is 3.21. The largest absolute Gasteiger partial charge is 0.491 e. The highest BCUT2D eigenvalue weighted by Crippen LogP contribution is 2.36. The topological polar surface area (TPSA) is 67.9 Å². The first-order chi connectivity index (χ1) is 14.0. The van der Waals surface area contributed by atoms with Crippen LogP contribution in [-0.2, 0) is 9.59 Å². The van der Waals surface area contributed by atoms with Gasteiger partial charge in [0.25, 0.3) is 0 Å². The molecular weight excluding hydrogens is 392 g/mol. The van der Waals surface area contributed by atoms with E-state index in [4.69, 9.17) is 21.1 Å². The Morgan fingerprint density at radius 3 is 2.66 bits per heavy atom. The molecule has 1 fully saturated rings. The van der Waals surface area contributed by atoms with Crippen LogP contribution in [0.2, 0.25) is 5.02 Å². The van der Waals surface area contributed by atoms with Crippen molar-refractivity contribution in [3.63, 3.8) is 0 Å². The Morgan fingerprint density at radius 1 is 1.28 bits per heavy atom. The van der Waals surface area contributed by atoms with E-state index in [0.29, 0.717) is 35.2 Å². The molecule has 2 amide bonds. The summed E-state index contributed by atoms with van der Waals surface area (Å²) in [6.45, 7) is 3.08. The van der Waals surface area contributed by atoms with Gasteiger partial charge >= 0.3 is 0 Å². The number of nitrogens with one attached hydrogen (secondary N) is 1. The van der Waals surface area contributed by atoms with Crippen LogP contribution in [0.4, 0.5) is 11.4 Å². The Bertz CT molecular complexity index is 925. The van der Waals surface area contributed by atoms with Crippen molar-refractivity contribution in [2.75, 3.05) is 30.5 Å². The van der Waals surface area contributed by atoms with E-state index in [9.17, 15) is 9.59 Å². The first-order valence-electron chi connectivity index (χ1n) is 9.41. The fraction of sp³-hybridized carbons (Fsp3) is 0.273. The van der Waals surface area contributed by atoms with Crippen molar-refractivity contribution in [3.05, 3.63) is 53.1 Å². The Kier molecular flexibility index (Phi) is 6.77. The van der Waals surface area contributed by atoms with Crippen molar-refractivity contribution < 1.29 is 19.1 Å². The average Bonchev–Trinajstić information content (AvgIpc) is 3.13. The van der Waals surface area contributed by atoms with E-state index < -0.39 is 0 Å². The van der Waals surface area contributed by atoms with E-state index in [0.717, 1.165) is 24.2 Å². The number of rotatable bonds is 7. The van der Waals surface area contributed by atoms with E-state index in [2.05, 4.69) is 5.32 Å². The van der Waals surface area contributed by atoms with Gasteiger partial charge in [-0.05, 0) is 61.4 Å². The number of nitrogens with zero attached hydrogens (tertiary/aromatic N) is 1. The molecule has 7 heteroatoms. The van der Waals surface area contributed by atoms with Crippen molar-refractivity contribution in [3.8, 4) is 11.5 Å². The first-order valence-corrected chi connectivity index (χ1v) is 9.79. The second-order valence-corrected chi connectivity index (χ2v) is 6.89. The highest BCUT2D eigenvalue weighted by molar-refractivity contribution is 6.32. The molecule has 2 aromatic rings. The minimum Gasteiger partial charge on any atom is -0.491 e. The molecule has 6 nitrogen and oxygen atoms in total. The molecule has 1 N–H and O–H groups in total. The number of carbonyl (C=O) groups is 2. The second kappa shape index (κ2) is 9.47. The summed E-state index contributed by atoms with van der Waals surface area (Å²) in [7, 11) is 1.53. The highest BCUT2D eigenvalue weighted by Gasteiger charge is 2.21. The number of hydrogen-bond donors (Lipinski definition) is 1. The van der Waals surface area contributed by atoms with Crippen LogP contribution in [0.3, 0.4) is 0 Å². The number of carbonyl (C=O) groups excluding carboxylic acids is 2. The summed E-state index contributed by atoms with van der Waals surface area (Å²) in [6, 6.07) is 10.7. The van der Waals surface area contributed by atoms with Gasteiger partial charge in [0.15, 0.2) is 11.5 Å². The molecule has 2 aromatic carbocycles. The molecule has 1 aliphatic rings. The summed E-state index contributed by atoms with van der Waals surface area (Å²) >= 11 is 6.23. The molecule has 0 saturated carbocycles. The molecule has 3 rings (SSSR count). The third-order valence-electron chi connectivity index (χ3n) is 4.48. The standard InChI is InChI=1S/C22H23ClN2O4/c1-3-29-19-14-15(13-18(23)22(19)28-2)6-11-20(26)24-16-7-9-17(10-8-16)25-12-4-5-21(25)27/h6-11,13-14H,3-5,12H2,1-2H3,(H,24,26)/b11-6+. The molecule has 0 spiro atoms. The zero-order chi connectivity index (χ0) is 20.8. The molecule has 0 aromatic heterocycles. The molecule has 29 heavy (non-hydrogen) atoms. The molecule has 0 radical (unpaired) electrons. The predicted molar refractivity (Wildman–Crippen MR) is 115 cm³/mol. The van der Waals surface area contributed by atoms with Gasteiger partial charge in [-0.3, -0.25) is 9.59 Å². The van der Waals surface area contributed by atoms with E-state index in [-0.39, 0.29) is 11.8 Å². The Labute approximate surface area is 175 Å². The summed E-state index contributed by atoms with van der Waals surface area (Å²) in [4.78, 5) is 25.8. The van der Waals surface area contributed by atoms with Crippen LogP contribution in [0.15, 0.2) is 42.5 Å². The summed E-state index contributed by atoms with van der Waals surface area (Å²) in [5.74, 6) is 0.843. The van der Waals surface area contributed by atoms with Gasteiger partial charge in [0.2, 0.25) is 11.8 Å². The number of anilines is 2. The Hall–Kier alpha value is -2.99. The minimum atomic E-state index is -0.278. The van der Waals surface area contributed by atoms with Crippen molar-refractivity contribution in [1.82, 2.24) is 0 Å². The molecule has 1 saturated heterocycles. The lowest BCUT2D eigenvalue weighted by atomic mass is 10.2. The van der Waals surface area contributed by atoms with Gasteiger partial charge in [-0.1, -0.05) is 11.6 Å². The van der Waals surface area contributed by atoms with Crippen molar-refractivity contribution in [2.45, 2.75) is 19.8 Å². The monoisotopic (exact) mass is 414 g/mol. The lowest BCUT2D eigenvalue weighted by Crippen LogP contribution is -2.23. The van der Waals surface area contributed by atoms with E-state index in [1.165, 1.54) is 13.2 Å². The van der Waals surface area contributed by atoms with Gasteiger partial charge in [-0.2, -0.15) is 0 Å². The zero-order valence-corrected chi connectivity index (χ0v) is 17.2. The van der Waals surface area contributed by atoms with Gasteiger partial charge < -0.3 is 19.7 Å². The normalized spacial score (nSPS) is 13.8. The molecule has 0 bridgehead atoms. The van der Waals surface area contributed by atoms with Gasteiger partial charge in [-0.25, -0.2) is 0 Å². The van der Waals surface area contributed by atoms with Crippen LogP contribution in [0, 0.1) is 0 Å². The number of ether oxygens (including phenoxy) is 2. The van der Waals surface area contributed by atoms with Crippen molar-refractivity contribution in [1.29, 1.82) is 0 Å². The molecule has 0 unspecified atom stereocenters. The maximum absolute atomic E-state index is 12.2. The molecule has 0 aliphatic carbocycles. The summed E-state index contributed by atoms with van der Waals surface area (Å²) < 4.78 is 10.8. The molecular formula is C22H23ClN2O4. The van der Waals surface area contributed by atoms with Gasteiger partial charge in [0.1, 0.15) is 0 Å².